The molecule has 1 aromatic carbocycles. The third kappa shape index (κ3) is 2.95. The maximum absolute atomic E-state index is 11.3. The van der Waals surface area contributed by atoms with Crippen molar-refractivity contribution in [3.05, 3.63) is 53.7 Å². The van der Waals surface area contributed by atoms with E-state index in [2.05, 4.69) is 4.98 Å². The second-order valence-corrected chi connectivity index (χ2v) is 3.85. The molecule has 0 spiro atoms. The molecule has 0 unspecified atom stereocenters. The van der Waals surface area contributed by atoms with Crippen LogP contribution in [0.3, 0.4) is 0 Å². The van der Waals surface area contributed by atoms with Crippen molar-refractivity contribution in [3.63, 3.8) is 0 Å². The Morgan fingerprint density at radius 1 is 1.21 bits per heavy atom. The Hall–Kier alpha value is -2.69. The quantitative estimate of drug-likeness (QED) is 0.852. The number of carbonyl (C=O) groups is 2. The van der Waals surface area contributed by atoms with Crippen molar-refractivity contribution in [2.24, 2.45) is 0 Å². The lowest BCUT2D eigenvalue weighted by molar-refractivity contribution is 0.0693. The predicted octanol–water partition coefficient (Wildman–Crippen LogP) is 2.77. The summed E-state index contributed by atoms with van der Waals surface area (Å²) < 4.78 is 5.42. The molecule has 1 N–H and O–H groups in total. The number of carboxylic acids is 1. The number of carboxylic acid groups (broad SMARTS) is 1. The number of benzene rings is 1. The minimum atomic E-state index is -1.12. The molecular formula is C14H11NO4. The molecule has 0 saturated carbocycles. The van der Waals surface area contributed by atoms with E-state index in [1.807, 2.05) is 0 Å². The Morgan fingerprint density at radius 3 is 2.68 bits per heavy atom. The van der Waals surface area contributed by atoms with Gasteiger partial charge in [-0.3, -0.25) is 4.79 Å². The Bertz CT molecular complexity index is 637. The Balaban J connectivity index is 2.34. The molecule has 96 valence electrons. The first kappa shape index (κ1) is 12.8. The topological polar surface area (TPSA) is 76.5 Å². The predicted molar refractivity (Wildman–Crippen MR) is 67.7 cm³/mol. The van der Waals surface area contributed by atoms with Gasteiger partial charge in [0, 0.05) is 11.8 Å². The van der Waals surface area contributed by atoms with Crippen molar-refractivity contribution in [2.45, 2.75) is 6.92 Å². The fourth-order valence-corrected chi connectivity index (χ4v) is 1.53. The van der Waals surface area contributed by atoms with Crippen LogP contribution in [0.2, 0.25) is 0 Å². The summed E-state index contributed by atoms with van der Waals surface area (Å²) in [5.41, 5.74) is 0.459. The van der Waals surface area contributed by atoms with Crippen molar-refractivity contribution in [1.82, 2.24) is 4.98 Å². The average molecular weight is 257 g/mol. The highest BCUT2D eigenvalue weighted by Crippen LogP contribution is 2.23. The number of pyridine rings is 1. The Morgan fingerprint density at radius 2 is 2.00 bits per heavy atom. The van der Waals surface area contributed by atoms with Gasteiger partial charge in [-0.05, 0) is 31.2 Å². The molecule has 5 heteroatoms. The zero-order valence-corrected chi connectivity index (χ0v) is 10.2. The van der Waals surface area contributed by atoms with Crippen molar-refractivity contribution in [2.75, 3.05) is 0 Å². The Kier molecular flexibility index (Phi) is 3.56. The second kappa shape index (κ2) is 5.30. The number of aromatic carboxylic acids is 1. The highest BCUT2D eigenvalue weighted by Gasteiger charge is 2.13. The average Bonchev–Trinajstić information content (AvgIpc) is 2.39. The number of hydrogen-bond donors (Lipinski definition) is 1. The van der Waals surface area contributed by atoms with Gasteiger partial charge >= 0.3 is 5.97 Å². The molecular weight excluding hydrogens is 246 g/mol. The molecule has 0 aliphatic rings. The van der Waals surface area contributed by atoms with Gasteiger partial charge in [-0.25, -0.2) is 9.78 Å². The molecule has 0 saturated heterocycles. The smallest absolute Gasteiger partial charge is 0.341 e. The van der Waals surface area contributed by atoms with E-state index in [1.54, 1.807) is 24.3 Å². The normalized spacial score (nSPS) is 9.95. The minimum Gasteiger partial charge on any atom is -0.477 e. The zero-order chi connectivity index (χ0) is 13.8. The van der Waals surface area contributed by atoms with Crippen LogP contribution >= 0.6 is 0 Å². The molecule has 0 aliphatic heterocycles. The van der Waals surface area contributed by atoms with Crippen LogP contribution in [-0.4, -0.2) is 21.8 Å². The van der Waals surface area contributed by atoms with Gasteiger partial charge in [0.25, 0.3) is 0 Å². The summed E-state index contributed by atoms with van der Waals surface area (Å²) in [6, 6.07) is 9.42. The molecule has 2 rings (SSSR count). The lowest BCUT2D eigenvalue weighted by Crippen LogP contribution is -2.02. The van der Waals surface area contributed by atoms with Crippen molar-refractivity contribution in [1.29, 1.82) is 0 Å². The second-order valence-electron chi connectivity index (χ2n) is 3.85. The van der Waals surface area contributed by atoms with Gasteiger partial charge in [0.2, 0.25) is 5.88 Å². The SMILES string of the molecule is CC(=O)c1cccc(Oc2ncccc2C(=O)O)c1. The van der Waals surface area contributed by atoms with E-state index in [4.69, 9.17) is 9.84 Å². The first-order valence-corrected chi connectivity index (χ1v) is 5.55. The molecule has 0 radical (unpaired) electrons. The van der Waals surface area contributed by atoms with Gasteiger partial charge in [-0.15, -0.1) is 0 Å². The molecule has 5 nitrogen and oxygen atoms in total. The first-order chi connectivity index (χ1) is 9.08. The van der Waals surface area contributed by atoms with Crippen molar-refractivity contribution in [3.8, 4) is 11.6 Å². The van der Waals surface area contributed by atoms with Gasteiger partial charge in [0.15, 0.2) is 5.78 Å². The number of Topliss-reactive ketones (excluding diaryl/α,β-unsaturated/α-hetero) is 1. The Labute approximate surface area is 109 Å². The van der Waals surface area contributed by atoms with Crippen LogP contribution < -0.4 is 4.74 Å². The summed E-state index contributed by atoms with van der Waals surface area (Å²) in [5.74, 6) is -0.847. The van der Waals surface area contributed by atoms with E-state index in [-0.39, 0.29) is 17.2 Å². The third-order valence-electron chi connectivity index (χ3n) is 2.46. The van der Waals surface area contributed by atoms with Crippen LogP contribution in [0.25, 0.3) is 0 Å². The monoisotopic (exact) mass is 257 g/mol. The molecule has 1 heterocycles. The van der Waals surface area contributed by atoms with E-state index < -0.39 is 5.97 Å². The fourth-order valence-electron chi connectivity index (χ4n) is 1.53. The van der Waals surface area contributed by atoms with Crippen LogP contribution in [0.15, 0.2) is 42.6 Å². The standard InChI is InChI=1S/C14H11NO4/c1-9(16)10-4-2-5-11(8-10)19-13-12(14(17)18)6-3-7-15-13/h2-8H,1H3,(H,17,18). The number of rotatable bonds is 4. The van der Waals surface area contributed by atoms with Crippen LogP contribution in [0.1, 0.15) is 27.6 Å². The summed E-state index contributed by atoms with van der Waals surface area (Å²) in [6.45, 7) is 1.45. The number of nitrogens with zero attached hydrogens (tertiary/aromatic N) is 1. The highest BCUT2D eigenvalue weighted by molar-refractivity contribution is 5.94. The summed E-state index contributed by atoms with van der Waals surface area (Å²) in [5, 5.41) is 9.01. The number of ketones is 1. The largest absolute Gasteiger partial charge is 0.477 e. The van der Waals surface area contributed by atoms with E-state index in [0.717, 1.165) is 0 Å². The lowest BCUT2D eigenvalue weighted by atomic mass is 10.1. The highest BCUT2D eigenvalue weighted by atomic mass is 16.5. The number of aromatic nitrogens is 1. The van der Waals surface area contributed by atoms with Gasteiger partial charge in [0.1, 0.15) is 11.3 Å². The van der Waals surface area contributed by atoms with E-state index in [1.165, 1.54) is 25.3 Å². The van der Waals surface area contributed by atoms with Crippen LogP contribution in [0.4, 0.5) is 0 Å². The summed E-state index contributed by atoms with van der Waals surface area (Å²) in [4.78, 5) is 26.2. The fraction of sp³-hybridized carbons (Fsp3) is 0.0714. The summed E-state index contributed by atoms with van der Waals surface area (Å²) >= 11 is 0. The van der Waals surface area contributed by atoms with Gasteiger partial charge < -0.3 is 9.84 Å². The van der Waals surface area contributed by atoms with Crippen molar-refractivity contribution < 1.29 is 19.4 Å². The maximum atomic E-state index is 11.3. The molecule has 1 aromatic heterocycles. The first-order valence-electron chi connectivity index (χ1n) is 5.55. The third-order valence-corrected chi connectivity index (χ3v) is 2.46. The number of carbonyl (C=O) groups excluding carboxylic acids is 1. The molecule has 2 aromatic rings. The van der Waals surface area contributed by atoms with E-state index in [9.17, 15) is 9.59 Å². The van der Waals surface area contributed by atoms with Gasteiger partial charge in [-0.2, -0.15) is 0 Å². The summed E-state index contributed by atoms with van der Waals surface area (Å²) in [7, 11) is 0. The number of ether oxygens (including phenoxy) is 1. The number of hydrogen-bond acceptors (Lipinski definition) is 4. The van der Waals surface area contributed by atoms with Crippen molar-refractivity contribution >= 4 is 11.8 Å². The molecule has 0 aliphatic carbocycles. The minimum absolute atomic E-state index is 0.00398. The molecule has 0 bridgehead atoms. The zero-order valence-electron chi connectivity index (χ0n) is 10.2. The maximum Gasteiger partial charge on any atom is 0.341 e. The van der Waals surface area contributed by atoms with Gasteiger partial charge in [-0.1, -0.05) is 12.1 Å². The lowest BCUT2D eigenvalue weighted by Gasteiger charge is -2.07. The van der Waals surface area contributed by atoms with Gasteiger partial charge in [0.05, 0.1) is 0 Å². The molecule has 19 heavy (non-hydrogen) atoms. The van der Waals surface area contributed by atoms with E-state index >= 15 is 0 Å². The van der Waals surface area contributed by atoms with Crippen LogP contribution in [0.5, 0.6) is 11.6 Å². The van der Waals surface area contributed by atoms with Crippen LogP contribution in [0, 0.1) is 0 Å². The molecule has 0 amide bonds. The summed E-state index contributed by atoms with van der Waals surface area (Å²) in [6.07, 6.45) is 1.44. The van der Waals surface area contributed by atoms with E-state index in [0.29, 0.717) is 11.3 Å². The molecule has 0 fully saturated rings. The molecule has 0 atom stereocenters. The van der Waals surface area contributed by atoms with Crippen LogP contribution in [-0.2, 0) is 0 Å².